The van der Waals surface area contributed by atoms with Crippen LogP contribution in [0.2, 0.25) is 0 Å². The van der Waals surface area contributed by atoms with Crippen molar-refractivity contribution in [1.29, 1.82) is 0 Å². The van der Waals surface area contributed by atoms with Gasteiger partial charge in [0, 0.05) is 12.0 Å². The third-order valence-corrected chi connectivity index (χ3v) is 5.80. The number of hydrogen-bond acceptors (Lipinski definition) is 4. The van der Waals surface area contributed by atoms with Gasteiger partial charge in [-0.05, 0) is 50.3 Å². The molecule has 1 aromatic rings. The van der Waals surface area contributed by atoms with E-state index in [0.29, 0.717) is 17.9 Å². The first-order valence-corrected chi connectivity index (χ1v) is 9.64. The van der Waals surface area contributed by atoms with Crippen LogP contribution in [0, 0.1) is 5.92 Å². The summed E-state index contributed by atoms with van der Waals surface area (Å²) in [5, 5.41) is 2.82. The number of carbonyl (C=O) groups excluding carboxylic acids is 1. The summed E-state index contributed by atoms with van der Waals surface area (Å²) in [6, 6.07) is 4.55. The number of benzene rings is 1. The molecule has 0 aliphatic heterocycles. The number of ether oxygens (including phenoxy) is 1. The summed E-state index contributed by atoms with van der Waals surface area (Å²) in [7, 11) is -2.08. The van der Waals surface area contributed by atoms with Crippen molar-refractivity contribution < 1.29 is 17.9 Å². The number of allylic oxidation sites excluding steroid dienone is 2. The van der Waals surface area contributed by atoms with Crippen molar-refractivity contribution >= 4 is 21.6 Å². The monoisotopic (exact) mass is 350 g/mol. The highest BCUT2D eigenvalue weighted by Crippen LogP contribution is 2.30. The van der Waals surface area contributed by atoms with Crippen molar-refractivity contribution in [2.24, 2.45) is 5.92 Å². The molecule has 6 nitrogen and oxygen atoms in total. The number of rotatable bonds is 6. The van der Waals surface area contributed by atoms with E-state index in [1.807, 2.05) is 6.08 Å². The summed E-state index contributed by atoms with van der Waals surface area (Å²) >= 11 is 0. The molecule has 1 saturated carbocycles. The molecule has 1 amide bonds. The van der Waals surface area contributed by atoms with Crippen LogP contribution in [-0.2, 0) is 14.8 Å². The zero-order chi connectivity index (χ0) is 17.2. The molecule has 0 bridgehead atoms. The molecule has 24 heavy (non-hydrogen) atoms. The average molecular weight is 350 g/mol. The van der Waals surface area contributed by atoms with Crippen LogP contribution in [0.5, 0.6) is 5.75 Å². The lowest BCUT2D eigenvalue weighted by atomic mass is 9.93. The fourth-order valence-corrected chi connectivity index (χ4v) is 4.04. The fourth-order valence-electron chi connectivity index (χ4n) is 2.71. The summed E-state index contributed by atoms with van der Waals surface area (Å²) < 4.78 is 32.6. The Morgan fingerprint density at radius 3 is 2.62 bits per heavy atom. The first-order valence-electron chi connectivity index (χ1n) is 8.16. The molecule has 2 N–H and O–H groups in total. The normalized spacial score (nSPS) is 20.6. The molecule has 1 fully saturated rings. The fraction of sp³-hybridized carbons (Fsp3) is 0.471. The first-order chi connectivity index (χ1) is 11.5. The molecule has 0 unspecified atom stereocenters. The van der Waals surface area contributed by atoms with Gasteiger partial charge in [-0.2, -0.15) is 0 Å². The highest BCUT2D eigenvalue weighted by molar-refractivity contribution is 7.89. The lowest BCUT2D eigenvalue weighted by Gasteiger charge is -2.19. The quantitative estimate of drug-likeness (QED) is 0.772. The van der Waals surface area contributed by atoms with Gasteiger partial charge in [0.15, 0.2) is 0 Å². The van der Waals surface area contributed by atoms with E-state index < -0.39 is 10.0 Å². The van der Waals surface area contributed by atoms with E-state index in [2.05, 4.69) is 16.1 Å². The lowest BCUT2D eigenvalue weighted by Crippen LogP contribution is -2.26. The standard InChI is InChI=1S/C17H22N2O4S/c1-23-16-10-9-14(24(21,22)19-13-7-8-13)11-15(16)18-17(20)12-5-3-2-4-6-12/h2-3,9-13,19H,4-8H2,1H3,(H,18,20)/t12-/m1/s1. The van der Waals surface area contributed by atoms with E-state index in [9.17, 15) is 13.2 Å². The van der Waals surface area contributed by atoms with Crippen molar-refractivity contribution in [1.82, 2.24) is 4.72 Å². The van der Waals surface area contributed by atoms with Gasteiger partial charge in [-0.25, -0.2) is 13.1 Å². The first kappa shape index (κ1) is 17.0. The Labute approximate surface area is 142 Å². The number of nitrogens with one attached hydrogen (secondary N) is 2. The van der Waals surface area contributed by atoms with Crippen LogP contribution in [0.1, 0.15) is 32.1 Å². The van der Waals surface area contributed by atoms with Crippen molar-refractivity contribution in [3.63, 3.8) is 0 Å². The summed E-state index contributed by atoms with van der Waals surface area (Å²) in [5.74, 6) is 0.243. The predicted molar refractivity (Wildman–Crippen MR) is 91.4 cm³/mol. The van der Waals surface area contributed by atoms with Crippen LogP contribution in [0.25, 0.3) is 0 Å². The van der Waals surface area contributed by atoms with E-state index in [4.69, 9.17) is 4.74 Å². The number of methoxy groups -OCH3 is 1. The van der Waals surface area contributed by atoms with Crippen LogP contribution in [0.4, 0.5) is 5.69 Å². The third kappa shape index (κ3) is 3.96. The summed E-state index contributed by atoms with van der Waals surface area (Å²) in [4.78, 5) is 12.6. The van der Waals surface area contributed by atoms with E-state index in [0.717, 1.165) is 25.7 Å². The Morgan fingerprint density at radius 1 is 1.21 bits per heavy atom. The van der Waals surface area contributed by atoms with Gasteiger partial charge in [0.1, 0.15) is 5.75 Å². The van der Waals surface area contributed by atoms with Gasteiger partial charge in [0.05, 0.1) is 17.7 Å². The zero-order valence-electron chi connectivity index (χ0n) is 13.6. The van der Waals surface area contributed by atoms with E-state index in [-0.39, 0.29) is 22.8 Å². The Balaban J connectivity index is 1.81. The highest BCUT2D eigenvalue weighted by atomic mass is 32.2. The average Bonchev–Trinajstić information content (AvgIpc) is 3.39. The molecule has 0 heterocycles. The van der Waals surface area contributed by atoms with Crippen LogP contribution in [-0.4, -0.2) is 27.5 Å². The molecule has 130 valence electrons. The Hall–Kier alpha value is -1.86. The minimum Gasteiger partial charge on any atom is -0.495 e. The van der Waals surface area contributed by atoms with Crippen molar-refractivity contribution in [2.45, 2.75) is 43.0 Å². The molecular weight excluding hydrogens is 328 g/mol. The number of hydrogen-bond donors (Lipinski definition) is 2. The summed E-state index contributed by atoms with van der Waals surface area (Å²) in [6.45, 7) is 0. The molecule has 1 atom stereocenters. The maximum atomic E-state index is 12.4. The van der Waals surface area contributed by atoms with Crippen molar-refractivity contribution in [3.05, 3.63) is 30.4 Å². The highest BCUT2D eigenvalue weighted by Gasteiger charge is 2.28. The molecule has 7 heteroatoms. The zero-order valence-corrected chi connectivity index (χ0v) is 14.4. The largest absolute Gasteiger partial charge is 0.495 e. The predicted octanol–water partition coefficient (Wildman–Crippen LogP) is 2.43. The number of anilines is 1. The second kappa shape index (κ2) is 6.94. The Bertz CT molecular complexity index is 754. The Morgan fingerprint density at radius 2 is 2.00 bits per heavy atom. The molecule has 0 aromatic heterocycles. The van der Waals surface area contributed by atoms with Crippen LogP contribution >= 0.6 is 0 Å². The van der Waals surface area contributed by atoms with Crippen LogP contribution < -0.4 is 14.8 Å². The van der Waals surface area contributed by atoms with Gasteiger partial charge < -0.3 is 10.1 Å². The van der Waals surface area contributed by atoms with Crippen molar-refractivity contribution in [2.75, 3.05) is 12.4 Å². The lowest BCUT2D eigenvalue weighted by molar-refractivity contribution is -0.120. The molecule has 1 aromatic carbocycles. The summed E-state index contributed by atoms with van der Waals surface area (Å²) in [6.07, 6.45) is 8.20. The second-order valence-electron chi connectivity index (χ2n) is 6.23. The van der Waals surface area contributed by atoms with Crippen LogP contribution in [0.3, 0.4) is 0 Å². The molecule has 0 radical (unpaired) electrons. The smallest absolute Gasteiger partial charge is 0.240 e. The van der Waals surface area contributed by atoms with Gasteiger partial charge >= 0.3 is 0 Å². The van der Waals surface area contributed by atoms with Gasteiger partial charge in [0.25, 0.3) is 0 Å². The number of sulfonamides is 1. The summed E-state index contributed by atoms with van der Waals surface area (Å²) in [5.41, 5.74) is 0.385. The molecule has 0 saturated heterocycles. The SMILES string of the molecule is COc1ccc(S(=O)(=O)NC2CC2)cc1NC(=O)[C@@H]1CC=CCC1. The Kier molecular flexibility index (Phi) is 4.91. The van der Waals surface area contributed by atoms with Gasteiger partial charge in [-0.3, -0.25) is 4.79 Å². The number of carbonyl (C=O) groups is 1. The minimum absolute atomic E-state index is 0.0316. The van der Waals surface area contributed by atoms with E-state index in [1.54, 1.807) is 6.07 Å². The van der Waals surface area contributed by atoms with E-state index >= 15 is 0 Å². The van der Waals surface area contributed by atoms with Gasteiger partial charge in [-0.15, -0.1) is 0 Å². The third-order valence-electron chi connectivity index (χ3n) is 4.28. The van der Waals surface area contributed by atoms with Crippen molar-refractivity contribution in [3.8, 4) is 5.75 Å². The molecule has 2 aliphatic carbocycles. The maximum absolute atomic E-state index is 12.4. The second-order valence-corrected chi connectivity index (χ2v) is 7.94. The molecule has 0 spiro atoms. The molecule has 3 rings (SSSR count). The number of amides is 1. The molecular formula is C17H22N2O4S. The minimum atomic E-state index is -3.57. The van der Waals surface area contributed by atoms with E-state index in [1.165, 1.54) is 19.2 Å². The topological polar surface area (TPSA) is 84.5 Å². The molecule has 2 aliphatic rings. The maximum Gasteiger partial charge on any atom is 0.240 e. The van der Waals surface area contributed by atoms with Crippen LogP contribution in [0.15, 0.2) is 35.2 Å². The van der Waals surface area contributed by atoms with Gasteiger partial charge in [-0.1, -0.05) is 12.2 Å². The van der Waals surface area contributed by atoms with Gasteiger partial charge in [0.2, 0.25) is 15.9 Å².